The maximum Gasteiger partial charge on any atom is 0.355 e. The minimum absolute atomic E-state index is 0.0447. The maximum atomic E-state index is 13.1. The zero-order valence-corrected chi connectivity index (χ0v) is 13.9. The van der Waals surface area contributed by atoms with Gasteiger partial charge in [0.25, 0.3) is 5.91 Å². The Balaban J connectivity index is 1.99. The molecule has 8 heteroatoms. The Labute approximate surface area is 142 Å². The first-order chi connectivity index (χ1) is 11.7. The van der Waals surface area contributed by atoms with Crippen LogP contribution >= 0.6 is 0 Å². The predicted octanol–water partition coefficient (Wildman–Crippen LogP) is 2.76. The fourth-order valence-electron chi connectivity index (χ4n) is 2.57. The van der Waals surface area contributed by atoms with Crippen molar-refractivity contribution in [3.8, 4) is 0 Å². The lowest BCUT2D eigenvalue weighted by molar-refractivity contribution is -0.119. The number of nitrogens with one attached hydrogen (secondary N) is 2. The number of aliphatic hydroxyl groups excluding tert-OH is 1. The van der Waals surface area contributed by atoms with Gasteiger partial charge in [-0.25, -0.2) is 13.6 Å². The van der Waals surface area contributed by atoms with E-state index in [1.165, 1.54) is 6.07 Å². The van der Waals surface area contributed by atoms with E-state index >= 15 is 0 Å². The van der Waals surface area contributed by atoms with Crippen LogP contribution in [-0.4, -0.2) is 28.6 Å². The molecule has 6 nitrogen and oxygen atoms in total. The summed E-state index contributed by atoms with van der Waals surface area (Å²) >= 11 is 0. The van der Waals surface area contributed by atoms with Gasteiger partial charge in [0.15, 0.2) is 18.2 Å². The summed E-state index contributed by atoms with van der Waals surface area (Å²) in [7, 11) is 0. The molecular weight excluding hydrogens is 334 g/mol. The number of benzene rings is 1. The number of ether oxygens (including phenoxy) is 1. The topological polar surface area (TPSA) is 91.4 Å². The van der Waals surface area contributed by atoms with Gasteiger partial charge in [-0.2, -0.15) is 0 Å². The molecule has 1 heterocycles. The van der Waals surface area contributed by atoms with Gasteiger partial charge in [-0.3, -0.25) is 4.79 Å². The Kier molecular flexibility index (Phi) is 5.53. The summed E-state index contributed by atoms with van der Waals surface area (Å²) in [5.41, 5.74) is 1.96. The van der Waals surface area contributed by atoms with Gasteiger partial charge in [-0.1, -0.05) is 0 Å². The molecule has 0 radical (unpaired) electrons. The van der Waals surface area contributed by atoms with E-state index in [1.807, 2.05) is 0 Å². The summed E-state index contributed by atoms with van der Waals surface area (Å²) in [6, 6.07) is 2.88. The molecule has 134 valence electrons. The van der Waals surface area contributed by atoms with E-state index < -0.39 is 36.2 Å². The molecule has 0 aliphatic rings. The summed E-state index contributed by atoms with van der Waals surface area (Å²) in [5.74, 6) is -3.59. The van der Waals surface area contributed by atoms with Crippen molar-refractivity contribution >= 4 is 17.6 Å². The second-order valence-corrected chi connectivity index (χ2v) is 5.59. The van der Waals surface area contributed by atoms with Gasteiger partial charge in [0.05, 0.1) is 6.10 Å². The molecule has 2 rings (SSSR count). The Morgan fingerprint density at radius 3 is 2.52 bits per heavy atom. The van der Waals surface area contributed by atoms with E-state index in [2.05, 4.69) is 10.3 Å². The van der Waals surface area contributed by atoms with Crippen molar-refractivity contribution in [1.82, 2.24) is 4.98 Å². The van der Waals surface area contributed by atoms with Crippen molar-refractivity contribution in [2.24, 2.45) is 0 Å². The van der Waals surface area contributed by atoms with E-state index in [0.29, 0.717) is 16.8 Å². The number of amides is 1. The van der Waals surface area contributed by atoms with E-state index in [9.17, 15) is 23.5 Å². The number of esters is 1. The molecule has 2 aromatic rings. The highest BCUT2D eigenvalue weighted by molar-refractivity contribution is 5.95. The molecule has 0 saturated heterocycles. The van der Waals surface area contributed by atoms with Crippen molar-refractivity contribution in [2.75, 3.05) is 11.9 Å². The summed E-state index contributed by atoms with van der Waals surface area (Å²) in [6.45, 7) is 4.35. The normalized spacial score (nSPS) is 11.9. The van der Waals surface area contributed by atoms with Crippen LogP contribution in [0.1, 0.15) is 40.3 Å². The summed E-state index contributed by atoms with van der Waals surface area (Å²) < 4.78 is 30.8. The monoisotopic (exact) mass is 352 g/mol. The van der Waals surface area contributed by atoms with Crippen LogP contribution in [0.25, 0.3) is 0 Å². The average Bonchev–Trinajstić information content (AvgIpc) is 2.83. The second-order valence-electron chi connectivity index (χ2n) is 5.59. The van der Waals surface area contributed by atoms with Crippen LogP contribution in [0, 0.1) is 25.5 Å². The molecule has 1 aromatic heterocycles. The first kappa shape index (κ1) is 18.6. The van der Waals surface area contributed by atoms with Gasteiger partial charge in [0, 0.05) is 23.0 Å². The molecule has 1 aromatic carbocycles. The van der Waals surface area contributed by atoms with Crippen molar-refractivity contribution in [3.05, 3.63) is 52.3 Å². The Hall–Kier alpha value is -2.74. The van der Waals surface area contributed by atoms with Crippen molar-refractivity contribution in [1.29, 1.82) is 0 Å². The van der Waals surface area contributed by atoms with Crippen LogP contribution in [0.2, 0.25) is 0 Å². The number of aryl methyl sites for hydroxylation is 1. The fourth-order valence-corrected chi connectivity index (χ4v) is 2.57. The zero-order valence-electron chi connectivity index (χ0n) is 13.9. The molecule has 0 saturated carbocycles. The number of halogens is 2. The Morgan fingerprint density at radius 1 is 1.28 bits per heavy atom. The first-order valence-electron chi connectivity index (χ1n) is 7.49. The van der Waals surface area contributed by atoms with E-state index in [0.717, 1.165) is 12.1 Å². The summed E-state index contributed by atoms with van der Waals surface area (Å²) in [4.78, 5) is 26.7. The lowest BCUT2D eigenvalue weighted by Crippen LogP contribution is -2.21. The number of hydrogen-bond donors (Lipinski definition) is 3. The van der Waals surface area contributed by atoms with Crippen LogP contribution in [0.4, 0.5) is 14.5 Å². The van der Waals surface area contributed by atoms with Crippen molar-refractivity contribution in [3.63, 3.8) is 0 Å². The van der Waals surface area contributed by atoms with E-state index in [4.69, 9.17) is 4.74 Å². The average molecular weight is 352 g/mol. The van der Waals surface area contributed by atoms with Crippen LogP contribution in [0.3, 0.4) is 0 Å². The molecule has 0 aliphatic heterocycles. The molecule has 0 bridgehead atoms. The lowest BCUT2D eigenvalue weighted by Gasteiger charge is -2.07. The number of aromatic nitrogens is 1. The second kappa shape index (κ2) is 7.43. The smallest absolute Gasteiger partial charge is 0.355 e. The molecule has 0 unspecified atom stereocenters. The Morgan fingerprint density at radius 2 is 1.96 bits per heavy atom. The molecule has 0 aliphatic carbocycles. The van der Waals surface area contributed by atoms with Gasteiger partial charge in [-0.05, 0) is 38.5 Å². The third-order valence-electron chi connectivity index (χ3n) is 3.66. The molecule has 0 fully saturated rings. The lowest BCUT2D eigenvalue weighted by atomic mass is 10.1. The molecule has 0 spiro atoms. The molecule has 3 N–H and O–H groups in total. The summed E-state index contributed by atoms with van der Waals surface area (Å²) in [5, 5.41) is 12.0. The standard InChI is InChI=1S/C17H18F2N2O4/c1-8-15(10(3)22)9(2)20-16(8)17(24)25-7-14(23)21-11-4-5-12(18)13(19)6-11/h4-6,10,20,22H,7H2,1-3H3,(H,21,23)/t10-/m0/s1. The third kappa shape index (κ3) is 4.21. The number of H-pyrrole nitrogens is 1. The number of rotatable bonds is 5. The van der Waals surface area contributed by atoms with Crippen molar-refractivity contribution < 1.29 is 28.2 Å². The number of carbonyl (C=O) groups excluding carboxylic acids is 2. The molecule has 1 amide bonds. The highest BCUT2D eigenvalue weighted by Crippen LogP contribution is 2.24. The van der Waals surface area contributed by atoms with Gasteiger partial charge in [0.1, 0.15) is 5.69 Å². The number of hydrogen-bond acceptors (Lipinski definition) is 4. The van der Waals surface area contributed by atoms with Gasteiger partial charge in [0.2, 0.25) is 0 Å². The SMILES string of the molecule is Cc1[nH]c(C(=O)OCC(=O)Nc2ccc(F)c(F)c2)c(C)c1[C@H](C)O. The number of carbonyl (C=O) groups is 2. The van der Waals surface area contributed by atoms with Gasteiger partial charge < -0.3 is 20.1 Å². The highest BCUT2D eigenvalue weighted by atomic mass is 19.2. The first-order valence-corrected chi connectivity index (χ1v) is 7.49. The van der Waals surface area contributed by atoms with Gasteiger partial charge in [-0.15, -0.1) is 0 Å². The van der Waals surface area contributed by atoms with Crippen LogP contribution < -0.4 is 5.32 Å². The summed E-state index contributed by atoms with van der Waals surface area (Å²) in [6.07, 6.45) is -0.755. The van der Waals surface area contributed by atoms with Crippen LogP contribution in [0.5, 0.6) is 0 Å². The van der Waals surface area contributed by atoms with E-state index in [1.54, 1.807) is 20.8 Å². The quantitative estimate of drug-likeness (QED) is 0.722. The van der Waals surface area contributed by atoms with Crippen LogP contribution in [0.15, 0.2) is 18.2 Å². The zero-order chi connectivity index (χ0) is 18.7. The van der Waals surface area contributed by atoms with Crippen LogP contribution in [-0.2, 0) is 9.53 Å². The van der Waals surface area contributed by atoms with Gasteiger partial charge >= 0.3 is 5.97 Å². The Bertz CT molecular complexity index is 815. The highest BCUT2D eigenvalue weighted by Gasteiger charge is 2.21. The largest absolute Gasteiger partial charge is 0.451 e. The maximum absolute atomic E-state index is 13.1. The number of aliphatic hydroxyl groups is 1. The molecule has 1 atom stereocenters. The molecular formula is C17H18F2N2O4. The van der Waals surface area contributed by atoms with E-state index in [-0.39, 0.29) is 11.4 Å². The minimum atomic E-state index is -1.10. The number of aromatic amines is 1. The van der Waals surface area contributed by atoms with Crippen molar-refractivity contribution in [2.45, 2.75) is 26.9 Å². The minimum Gasteiger partial charge on any atom is -0.451 e. The fraction of sp³-hybridized carbons (Fsp3) is 0.294. The number of anilines is 1. The third-order valence-corrected chi connectivity index (χ3v) is 3.66. The molecule has 25 heavy (non-hydrogen) atoms. The predicted molar refractivity (Wildman–Crippen MR) is 86.2 cm³/mol.